The Balaban J connectivity index is 2.52. The predicted molar refractivity (Wildman–Crippen MR) is 68.1 cm³/mol. The molecular formula is C11H19N3O2S. The zero-order valence-corrected chi connectivity index (χ0v) is 11.0. The Bertz CT molecular complexity index is 377. The maximum Gasteiger partial charge on any atom is 0.270 e. The van der Waals surface area contributed by atoms with Crippen LogP contribution in [0.5, 0.6) is 0 Å². The van der Waals surface area contributed by atoms with Crippen LogP contribution in [0.3, 0.4) is 0 Å². The van der Waals surface area contributed by atoms with Crippen molar-refractivity contribution in [3.63, 3.8) is 0 Å². The molecule has 0 aliphatic rings. The minimum atomic E-state index is -0.314. The Morgan fingerprint density at radius 3 is 2.94 bits per heavy atom. The Morgan fingerprint density at radius 2 is 2.35 bits per heavy atom. The van der Waals surface area contributed by atoms with Gasteiger partial charge in [-0.25, -0.2) is 4.98 Å². The van der Waals surface area contributed by atoms with Gasteiger partial charge in [0.1, 0.15) is 5.69 Å². The molecule has 0 atom stereocenters. The van der Waals surface area contributed by atoms with Crippen LogP contribution in [0.4, 0.5) is 0 Å². The van der Waals surface area contributed by atoms with E-state index in [1.165, 1.54) is 11.3 Å². The second-order valence-corrected chi connectivity index (χ2v) is 5.61. The van der Waals surface area contributed by atoms with Crippen LogP contribution >= 0.6 is 11.3 Å². The molecule has 1 aromatic heterocycles. The van der Waals surface area contributed by atoms with Gasteiger partial charge in [-0.05, 0) is 6.54 Å². The Kier molecular flexibility index (Phi) is 5.04. The number of nitrogens with two attached hydrogens (primary N) is 1. The van der Waals surface area contributed by atoms with E-state index >= 15 is 0 Å². The topological polar surface area (TPSA) is 88.2 Å². The normalized spacial score (nSPS) is 11.5. The van der Waals surface area contributed by atoms with E-state index < -0.39 is 0 Å². The van der Waals surface area contributed by atoms with Crippen molar-refractivity contribution in [1.82, 2.24) is 10.3 Å². The molecular weight excluding hydrogens is 238 g/mol. The van der Waals surface area contributed by atoms with Gasteiger partial charge >= 0.3 is 0 Å². The average molecular weight is 257 g/mol. The van der Waals surface area contributed by atoms with Crippen LogP contribution in [0.1, 0.15) is 29.3 Å². The second-order valence-electron chi connectivity index (χ2n) is 4.67. The van der Waals surface area contributed by atoms with Gasteiger partial charge in [-0.15, -0.1) is 11.3 Å². The first-order valence-electron chi connectivity index (χ1n) is 5.52. The van der Waals surface area contributed by atoms with Crippen LogP contribution in [0.15, 0.2) is 5.38 Å². The fourth-order valence-electron chi connectivity index (χ4n) is 1.12. The highest BCUT2D eigenvalue weighted by molar-refractivity contribution is 7.09. The summed E-state index contributed by atoms with van der Waals surface area (Å²) in [5.41, 5.74) is 5.53. The third kappa shape index (κ3) is 4.41. The minimum Gasteiger partial charge on any atom is -0.396 e. The van der Waals surface area contributed by atoms with Crippen molar-refractivity contribution in [2.45, 2.75) is 20.3 Å². The summed E-state index contributed by atoms with van der Waals surface area (Å²) in [5, 5.41) is 14.4. The molecule has 1 aromatic rings. The molecule has 96 valence electrons. The van der Waals surface area contributed by atoms with Gasteiger partial charge in [0.15, 0.2) is 0 Å². The van der Waals surface area contributed by atoms with Crippen molar-refractivity contribution in [3.8, 4) is 0 Å². The number of rotatable bonds is 6. The van der Waals surface area contributed by atoms with Crippen molar-refractivity contribution < 1.29 is 9.90 Å². The molecule has 5 nitrogen and oxygen atoms in total. The largest absolute Gasteiger partial charge is 0.396 e. The fourth-order valence-corrected chi connectivity index (χ4v) is 1.91. The highest BCUT2D eigenvalue weighted by atomic mass is 32.1. The molecule has 4 N–H and O–H groups in total. The number of carbonyl (C=O) groups is 1. The Hall–Kier alpha value is -0.980. The maximum atomic E-state index is 11.7. The zero-order valence-electron chi connectivity index (χ0n) is 10.2. The summed E-state index contributed by atoms with van der Waals surface area (Å²) < 4.78 is 0. The first-order valence-corrected chi connectivity index (χ1v) is 6.40. The third-order valence-corrected chi connectivity index (χ3v) is 3.21. The molecule has 0 spiro atoms. The van der Waals surface area contributed by atoms with E-state index in [-0.39, 0.29) is 17.9 Å². The molecule has 0 fully saturated rings. The standard InChI is InChI=1S/C11H19N3O2S/c1-11(2,7-15)6-13-10(16)8-5-17-9(14-8)3-4-12/h5,15H,3-4,6-7,12H2,1-2H3,(H,13,16). The summed E-state index contributed by atoms with van der Waals surface area (Å²) in [4.78, 5) is 15.9. The van der Waals surface area contributed by atoms with E-state index in [2.05, 4.69) is 10.3 Å². The predicted octanol–water partition coefficient (Wildman–Crippen LogP) is 0.393. The molecule has 1 rings (SSSR count). The maximum absolute atomic E-state index is 11.7. The second kappa shape index (κ2) is 6.09. The molecule has 0 bridgehead atoms. The molecule has 0 radical (unpaired) electrons. The minimum absolute atomic E-state index is 0.0305. The smallest absolute Gasteiger partial charge is 0.270 e. The number of carbonyl (C=O) groups excluding carboxylic acids is 1. The van der Waals surface area contributed by atoms with Gasteiger partial charge in [0, 0.05) is 30.4 Å². The molecule has 17 heavy (non-hydrogen) atoms. The first-order chi connectivity index (χ1) is 7.98. The summed E-state index contributed by atoms with van der Waals surface area (Å²) in [6.45, 7) is 4.75. The van der Waals surface area contributed by atoms with E-state index in [1.807, 2.05) is 13.8 Å². The molecule has 0 aliphatic carbocycles. The van der Waals surface area contributed by atoms with E-state index in [1.54, 1.807) is 5.38 Å². The summed E-state index contributed by atoms with van der Waals surface area (Å²) in [6, 6.07) is 0. The highest BCUT2D eigenvalue weighted by Crippen LogP contribution is 2.13. The number of hydrogen-bond acceptors (Lipinski definition) is 5. The number of aromatic nitrogens is 1. The van der Waals surface area contributed by atoms with Gasteiger partial charge in [0.05, 0.1) is 5.01 Å². The van der Waals surface area contributed by atoms with E-state index in [0.29, 0.717) is 25.2 Å². The molecule has 0 unspecified atom stereocenters. The molecule has 0 saturated carbocycles. The number of aliphatic hydroxyl groups excluding tert-OH is 1. The lowest BCUT2D eigenvalue weighted by Gasteiger charge is -2.21. The van der Waals surface area contributed by atoms with Gasteiger partial charge in [0.25, 0.3) is 5.91 Å². The van der Waals surface area contributed by atoms with Crippen LogP contribution in [-0.2, 0) is 6.42 Å². The molecule has 6 heteroatoms. The fraction of sp³-hybridized carbons (Fsp3) is 0.636. The lowest BCUT2D eigenvalue weighted by atomic mass is 9.95. The lowest BCUT2D eigenvalue weighted by molar-refractivity contribution is 0.0906. The van der Waals surface area contributed by atoms with E-state index in [4.69, 9.17) is 10.8 Å². The molecule has 1 heterocycles. The van der Waals surface area contributed by atoms with Crippen LogP contribution in [0, 0.1) is 5.41 Å². The SMILES string of the molecule is CC(C)(CO)CNC(=O)c1csc(CCN)n1. The van der Waals surface area contributed by atoms with Gasteiger partial charge in [-0.3, -0.25) is 4.79 Å². The Labute approximate surface area is 105 Å². The van der Waals surface area contributed by atoms with Gasteiger partial charge in [0.2, 0.25) is 0 Å². The third-order valence-electron chi connectivity index (χ3n) is 2.30. The van der Waals surface area contributed by atoms with Crippen molar-refractivity contribution in [2.75, 3.05) is 19.7 Å². The van der Waals surface area contributed by atoms with Crippen LogP contribution in [0.25, 0.3) is 0 Å². The van der Waals surface area contributed by atoms with Crippen molar-refractivity contribution in [1.29, 1.82) is 0 Å². The quantitative estimate of drug-likeness (QED) is 0.688. The number of thiazole rings is 1. The van der Waals surface area contributed by atoms with Crippen molar-refractivity contribution >= 4 is 17.2 Å². The molecule has 0 saturated heterocycles. The van der Waals surface area contributed by atoms with E-state index in [0.717, 1.165) is 5.01 Å². The highest BCUT2D eigenvalue weighted by Gasteiger charge is 2.18. The summed E-state index contributed by atoms with van der Waals surface area (Å²) >= 11 is 1.44. The van der Waals surface area contributed by atoms with Gasteiger partial charge < -0.3 is 16.2 Å². The summed E-state index contributed by atoms with van der Waals surface area (Å²) in [7, 11) is 0. The summed E-state index contributed by atoms with van der Waals surface area (Å²) in [5.74, 6) is -0.203. The van der Waals surface area contributed by atoms with E-state index in [9.17, 15) is 4.79 Å². The van der Waals surface area contributed by atoms with Gasteiger partial charge in [-0.2, -0.15) is 0 Å². The number of aliphatic hydroxyl groups is 1. The zero-order chi connectivity index (χ0) is 12.9. The van der Waals surface area contributed by atoms with Crippen molar-refractivity contribution in [3.05, 3.63) is 16.1 Å². The molecule has 1 amide bonds. The summed E-state index contributed by atoms with van der Waals surface area (Å²) in [6.07, 6.45) is 0.695. The number of amides is 1. The van der Waals surface area contributed by atoms with Crippen LogP contribution < -0.4 is 11.1 Å². The average Bonchev–Trinajstić information content (AvgIpc) is 2.75. The Morgan fingerprint density at radius 1 is 1.65 bits per heavy atom. The molecule has 0 aromatic carbocycles. The first kappa shape index (κ1) is 14.1. The number of nitrogens with one attached hydrogen (secondary N) is 1. The lowest BCUT2D eigenvalue weighted by Crippen LogP contribution is -2.36. The number of nitrogens with zero attached hydrogens (tertiary/aromatic N) is 1. The monoisotopic (exact) mass is 257 g/mol. The number of hydrogen-bond donors (Lipinski definition) is 3. The van der Waals surface area contributed by atoms with Gasteiger partial charge in [-0.1, -0.05) is 13.8 Å². The van der Waals surface area contributed by atoms with Crippen LogP contribution in [-0.4, -0.2) is 35.7 Å². The molecule has 0 aliphatic heterocycles. The van der Waals surface area contributed by atoms with Crippen LogP contribution in [0.2, 0.25) is 0 Å². The van der Waals surface area contributed by atoms with Crippen molar-refractivity contribution in [2.24, 2.45) is 11.1 Å².